The zero-order valence-corrected chi connectivity index (χ0v) is 20.2. The number of rotatable bonds is 7. The van der Waals surface area contributed by atoms with Crippen molar-refractivity contribution in [2.45, 2.75) is 33.6 Å². The minimum absolute atomic E-state index is 0.0749. The summed E-state index contributed by atoms with van der Waals surface area (Å²) in [4.78, 5) is 25.8. The average Bonchev–Trinajstić information content (AvgIpc) is 2.77. The van der Waals surface area contributed by atoms with Gasteiger partial charge in [-0.2, -0.15) is 4.51 Å². The summed E-state index contributed by atoms with van der Waals surface area (Å²) >= 11 is 17.6. The quantitative estimate of drug-likeness (QED) is 0.140. The van der Waals surface area contributed by atoms with Crippen LogP contribution in [0.15, 0.2) is 52.6 Å². The van der Waals surface area contributed by atoms with E-state index in [2.05, 4.69) is 24.9 Å². The molecule has 0 unspecified atom stereocenters. The number of unbranched alkanes of at least 4 members (excludes halogenated alkanes) is 1. The first-order valence-corrected chi connectivity index (χ1v) is 10.6. The predicted molar refractivity (Wildman–Crippen MR) is 130 cm³/mol. The van der Waals surface area contributed by atoms with E-state index in [0.717, 1.165) is 10.5 Å². The lowest BCUT2D eigenvalue weighted by Gasteiger charge is -2.24. The summed E-state index contributed by atoms with van der Waals surface area (Å²) in [5.41, 5.74) is 1.55. The fourth-order valence-electron chi connectivity index (χ4n) is 2.62. The normalized spacial score (nSPS) is 10.6. The second-order valence-corrected chi connectivity index (χ2v) is 7.46. The smallest absolute Gasteiger partial charge is 0.198 e. The van der Waals surface area contributed by atoms with Gasteiger partial charge in [0, 0.05) is 22.4 Å². The number of aryl methyl sites for hydroxylation is 1. The average molecular weight is 484 g/mol. The molecule has 31 heavy (non-hydrogen) atoms. The molecule has 0 aliphatic heterocycles. The van der Waals surface area contributed by atoms with Gasteiger partial charge in [0.1, 0.15) is 10.9 Å². The van der Waals surface area contributed by atoms with Gasteiger partial charge in [-0.05, 0) is 36.8 Å². The molecule has 5 nitrogen and oxygen atoms in total. The Kier molecular flexibility index (Phi) is 11.3. The molecule has 2 aromatic rings. The van der Waals surface area contributed by atoms with E-state index >= 15 is 0 Å². The lowest BCUT2D eigenvalue weighted by molar-refractivity contribution is -0.102. The lowest BCUT2D eigenvalue weighted by atomic mass is 9.98. The summed E-state index contributed by atoms with van der Waals surface area (Å²) in [6.07, 6.45) is 3.04. The first kappa shape index (κ1) is 26.7. The first-order valence-electron chi connectivity index (χ1n) is 9.53. The number of para-hydroxylation sites is 1. The zero-order chi connectivity index (χ0) is 23.6. The molecule has 166 valence electrons. The highest BCUT2D eigenvalue weighted by Gasteiger charge is 2.25. The van der Waals surface area contributed by atoms with E-state index in [-0.39, 0.29) is 28.0 Å². The number of nitrogens with zero attached hydrogens (tertiary/aromatic N) is 2. The van der Waals surface area contributed by atoms with Gasteiger partial charge in [-0.3, -0.25) is 14.5 Å². The number of carbonyl (C=O) groups excluding carboxylic acids is 2. The van der Waals surface area contributed by atoms with Crippen molar-refractivity contribution in [2.75, 3.05) is 12.0 Å². The summed E-state index contributed by atoms with van der Waals surface area (Å²) in [6.45, 7) is 9.80. The second-order valence-electron chi connectivity index (χ2n) is 6.42. The van der Waals surface area contributed by atoms with Crippen molar-refractivity contribution in [1.82, 2.24) is 0 Å². The maximum atomic E-state index is 13.3. The van der Waals surface area contributed by atoms with Crippen molar-refractivity contribution < 1.29 is 14.3 Å². The van der Waals surface area contributed by atoms with Crippen LogP contribution in [0.25, 0.3) is 0 Å². The van der Waals surface area contributed by atoms with Gasteiger partial charge in [-0.25, -0.2) is 0 Å². The van der Waals surface area contributed by atoms with Crippen LogP contribution in [-0.2, 0) is 4.79 Å². The van der Waals surface area contributed by atoms with Gasteiger partial charge in [0.2, 0.25) is 0 Å². The van der Waals surface area contributed by atoms with Crippen molar-refractivity contribution in [3.05, 3.63) is 69.8 Å². The van der Waals surface area contributed by atoms with E-state index < -0.39 is 0 Å². The Balaban J connectivity index is 0.00000110. The van der Waals surface area contributed by atoms with Crippen LogP contribution in [0.5, 0.6) is 5.75 Å². The molecule has 0 atom stereocenters. The molecule has 0 spiro atoms. The maximum absolute atomic E-state index is 13.3. The highest BCUT2D eigenvalue weighted by molar-refractivity contribution is 6.45. The number of benzene rings is 2. The largest absolute Gasteiger partial charge is 0.496 e. The standard InChI is InChI=1S/C19H15Cl3N2O3.C4H10/c1-11-5-4-6-14(19(11)27-3)18(26)15-9-13(21)7-8-16(15)24(12(2)20)17(10-25)23-22;1-3-4-2/h4-10H,2H2,1,3H3;3-4H2,1-2H3/b23-17-;. The molecule has 8 heteroatoms. The van der Waals surface area contributed by atoms with Gasteiger partial charge in [0.25, 0.3) is 0 Å². The number of ether oxygens (including phenoxy) is 1. The SMILES string of the molecule is C=C(Cl)N(/C(C=O)=N\Cl)c1ccc(Cl)cc1C(=O)c1cccc(C)c1OC.CCCC. The molecule has 0 aromatic heterocycles. The van der Waals surface area contributed by atoms with Crippen molar-refractivity contribution in [3.8, 4) is 5.75 Å². The highest BCUT2D eigenvalue weighted by Crippen LogP contribution is 2.33. The molecule has 0 saturated carbocycles. The van der Waals surface area contributed by atoms with Crippen molar-refractivity contribution >= 4 is 58.6 Å². The van der Waals surface area contributed by atoms with Crippen LogP contribution in [0.2, 0.25) is 5.02 Å². The topological polar surface area (TPSA) is 59.0 Å². The van der Waals surface area contributed by atoms with Gasteiger partial charge in [0.05, 0.1) is 18.4 Å². The summed E-state index contributed by atoms with van der Waals surface area (Å²) in [7, 11) is 1.48. The molecular weight excluding hydrogens is 459 g/mol. The number of anilines is 1. The third-order valence-electron chi connectivity index (χ3n) is 4.27. The minimum Gasteiger partial charge on any atom is -0.496 e. The van der Waals surface area contributed by atoms with Crippen LogP contribution < -0.4 is 9.64 Å². The number of amidine groups is 1. The number of hydrogen-bond acceptors (Lipinski definition) is 4. The Bertz CT molecular complexity index is 973. The Morgan fingerprint density at radius 2 is 1.84 bits per heavy atom. The molecule has 2 rings (SSSR count). The second kappa shape index (κ2) is 13.2. The number of hydrogen-bond donors (Lipinski definition) is 0. The molecule has 0 radical (unpaired) electrons. The fraction of sp³-hybridized carbons (Fsp3) is 0.261. The molecule has 0 amide bonds. The van der Waals surface area contributed by atoms with E-state index in [1.165, 1.54) is 32.1 Å². The van der Waals surface area contributed by atoms with Crippen LogP contribution in [-0.4, -0.2) is 25.0 Å². The van der Waals surface area contributed by atoms with Gasteiger partial charge in [0.15, 0.2) is 17.9 Å². The molecule has 0 bridgehead atoms. The molecular formula is C23H25Cl3N2O3. The molecule has 0 fully saturated rings. The minimum atomic E-state index is -0.379. The van der Waals surface area contributed by atoms with Crippen molar-refractivity contribution in [2.24, 2.45) is 4.51 Å². The Morgan fingerprint density at radius 1 is 1.19 bits per heavy atom. The van der Waals surface area contributed by atoms with Crippen LogP contribution in [0, 0.1) is 6.92 Å². The van der Waals surface area contributed by atoms with Crippen LogP contribution in [0.3, 0.4) is 0 Å². The van der Waals surface area contributed by atoms with Gasteiger partial charge in [-0.15, -0.1) is 0 Å². The highest BCUT2D eigenvalue weighted by atomic mass is 35.5. The third-order valence-corrected chi connectivity index (χ3v) is 4.85. The number of ketones is 1. The van der Waals surface area contributed by atoms with E-state index in [4.69, 9.17) is 39.7 Å². The predicted octanol–water partition coefficient (Wildman–Crippen LogP) is 6.96. The lowest BCUT2D eigenvalue weighted by Crippen LogP contribution is -2.30. The molecule has 0 saturated heterocycles. The van der Waals surface area contributed by atoms with Crippen molar-refractivity contribution in [1.29, 1.82) is 0 Å². The summed E-state index contributed by atoms with van der Waals surface area (Å²) in [5.74, 6) is -0.175. The molecule has 2 aromatic carbocycles. The fourth-order valence-corrected chi connectivity index (χ4v) is 3.09. The molecule has 0 heterocycles. The monoisotopic (exact) mass is 482 g/mol. The Hall–Kier alpha value is -2.34. The summed E-state index contributed by atoms with van der Waals surface area (Å²) < 4.78 is 8.75. The number of methoxy groups -OCH3 is 1. The summed E-state index contributed by atoms with van der Waals surface area (Å²) in [5, 5.41) is 0.249. The number of aldehydes is 1. The van der Waals surface area contributed by atoms with Crippen LogP contribution >= 0.6 is 35.0 Å². The molecule has 0 N–H and O–H groups in total. The van der Waals surface area contributed by atoms with Crippen molar-refractivity contribution in [3.63, 3.8) is 0 Å². The zero-order valence-electron chi connectivity index (χ0n) is 17.9. The van der Waals surface area contributed by atoms with Crippen LogP contribution in [0.4, 0.5) is 5.69 Å². The number of halogens is 3. The van der Waals surface area contributed by atoms with E-state index in [1.54, 1.807) is 18.2 Å². The maximum Gasteiger partial charge on any atom is 0.198 e. The molecule has 0 aliphatic rings. The third kappa shape index (κ3) is 6.82. The van der Waals surface area contributed by atoms with E-state index in [1.807, 2.05) is 13.0 Å². The van der Waals surface area contributed by atoms with E-state index in [0.29, 0.717) is 22.6 Å². The molecule has 0 aliphatic carbocycles. The van der Waals surface area contributed by atoms with E-state index in [9.17, 15) is 9.59 Å². The van der Waals surface area contributed by atoms with Gasteiger partial charge < -0.3 is 4.74 Å². The summed E-state index contributed by atoms with van der Waals surface area (Å²) in [6, 6.07) is 9.73. The Labute approximate surface area is 198 Å². The van der Waals surface area contributed by atoms with Crippen LogP contribution in [0.1, 0.15) is 48.2 Å². The first-order chi connectivity index (χ1) is 14.8. The van der Waals surface area contributed by atoms with Gasteiger partial charge >= 0.3 is 0 Å². The van der Waals surface area contributed by atoms with Gasteiger partial charge in [-0.1, -0.05) is 68.6 Å². The number of carbonyl (C=O) groups is 2. The Morgan fingerprint density at radius 3 is 2.32 bits per heavy atom.